The Morgan fingerprint density at radius 2 is 2.03 bits per heavy atom. The molecule has 1 aromatic carbocycles. The highest BCUT2D eigenvalue weighted by molar-refractivity contribution is 7.09. The molecule has 4 aromatic heterocycles. The van der Waals surface area contributed by atoms with Crippen molar-refractivity contribution < 1.29 is 9.53 Å². The lowest BCUT2D eigenvalue weighted by Crippen LogP contribution is -2.03. The summed E-state index contributed by atoms with van der Waals surface area (Å²) in [5.41, 5.74) is 2.56. The zero-order valence-electron chi connectivity index (χ0n) is 17.2. The van der Waals surface area contributed by atoms with E-state index in [9.17, 15) is 4.79 Å². The minimum atomic E-state index is -0.496. The molecular formula is C20H12N10O2S. The molecule has 33 heavy (non-hydrogen) atoms. The molecule has 0 saturated heterocycles. The lowest BCUT2D eigenvalue weighted by atomic mass is 10.2. The second kappa shape index (κ2) is 7.74. The third-order valence-electron chi connectivity index (χ3n) is 4.85. The lowest BCUT2D eigenvalue weighted by molar-refractivity contribution is 0.0534. The molecule has 12 nitrogen and oxygen atoms in total. The number of rotatable bonds is 4. The molecule has 0 spiro atoms. The van der Waals surface area contributed by atoms with Crippen LogP contribution in [0.1, 0.15) is 22.4 Å². The maximum atomic E-state index is 12.2. The Morgan fingerprint density at radius 3 is 2.79 bits per heavy atom. The Balaban J connectivity index is 1.63. The first-order valence-corrected chi connectivity index (χ1v) is 10.3. The van der Waals surface area contributed by atoms with Gasteiger partial charge in [-0.1, -0.05) is 0 Å². The molecule has 0 atom stereocenters. The fourth-order valence-electron chi connectivity index (χ4n) is 3.40. The maximum absolute atomic E-state index is 12.2. The van der Waals surface area contributed by atoms with Crippen LogP contribution in [0.2, 0.25) is 0 Å². The molecule has 0 amide bonds. The van der Waals surface area contributed by atoms with Crippen LogP contribution in [0.5, 0.6) is 0 Å². The van der Waals surface area contributed by atoms with Crippen molar-refractivity contribution in [3.8, 4) is 0 Å². The summed E-state index contributed by atoms with van der Waals surface area (Å²) in [5, 5.41) is 24.4. The number of aryl methyl sites for hydroxylation is 1. The summed E-state index contributed by atoms with van der Waals surface area (Å²) < 4.78 is 11.0. The summed E-state index contributed by atoms with van der Waals surface area (Å²) in [5.74, 6) is 0.265. The van der Waals surface area contributed by atoms with Gasteiger partial charge in [0.05, 0.1) is 31.0 Å². The van der Waals surface area contributed by atoms with E-state index < -0.39 is 5.97 Å². The number of aromatic amines is 1. The summed E-state index contributed by atoms with van der Waals surface area (Å²) in [7, 11) is 0. The zero-order chi connectivity index (χ0) is 23.1. The van der Waals surface area contributed by atoms with Crippen molar-refractivity contribution in [3.05, 3.63) is 51.7 Å². The molecular weight excluding hydrogens is 444 g/mol. The second-order valence-corrected chi connectivity index (χ2v) is 7.50. The number of carbonyl (C=O) groups is 1. The van der Waals surface area contributed by atoms with Gasteiger partial charge in [0.15, 0.2) is 10.7 Å². The van der Waals surface area contributed by atoms with Crippen LogP contribution in [0, 0.1) is 20.1 Å². The third kappa shape index (κ3) is 3.07. The van der Waals surface area contributed by atoms with Crippen molar-refractivity contribution in [2.75, 3.05) is 6.61 Å². The number of hydrogen-bond donors (Lipinski definition) is 1. The first kappa shape index (κ1) is 20.2. The maximum Gasteiger partial charge on any atom is 0.352 e. The van der Waals surface area contributed by atoms with Crippen LogP contribution in [0.4, 0.5) is 22.9 Å². The molecule has 0 aliphatic carbocycles. The molecule has 13 heteroatoms. The highest BCUT2D eigenvalue weighted by Crippen LogP contribution is 2.44. The van der Waals surface area contributed by atoms with Crippen molar-refractivity contribution >= 4 is 68.0 Å². The number of fused-ring (bicyclic) bond motifs is 4. The fourth-order valence-corrected chi connectivity index (χ4v) is 4.12. The van der Waals surface area contributed by atoms with Crippen LogP contribution in [0.3, 0.4) is 0 Å². The predicted molar refractivity (Wildman–Crippen MR) is 120 cm³/mol. The highest BCUT2D eigenvalue weighted by Gasteiger charge is 2.22. The number of nitrogens with one attached hydrogen (secondary N) is 1. The van der Waals surface area contributed by atoms with Gasteiger partial charge in [0.1, 0.15) is 22.5 Å². The first-order valence-electron chi connectivity index (χ1n) is 9.56. The van der Waals surface area contributed by atoms with Crippen LogP contribution in [0.15, 0.2) is 28.4 Å². The fraction of sp³-hybridized carbons (Fsp3) is 0.150. The Hall–Kier alpha value is -4.75. The topological polar surface area (TPSA) is 132 Å². The highest BCUT2D eigenvalue weighted by atomic mass is 32.1. The number of hydrogen-bond acceptors (Lipinski definition) is 9. The number of ether oxygens (including phenoxy) is 1. The van der Waals surface area contributed by atoms with Gasteiger partial charge in [-0.3, -0.25) is 9.50 Å². The van der Waals surface area contributed by atoms with Gasteiger partial charge in [0.2, 0.25) is 11.4 Å². The van der Waals surface area contributed by atoms with E-state index in [1.165, 1.54) is 0 Å². The third-order valence-corrected chi connectivity index (χ3v) is 5.66. The molecule has 0 saturated carbocycles. The van der Waals surface area contributed by atoms with Crippen LogP contribution >= 0.6 is 11.5 Å². The van der Waals surface area contributed by atoms with E-state index in [1.54, 1.807) is 36.4 Å². The van der Waals surface area contributed by atoms with E-state index >= 15 is 0 Å². The molecule has 160 valence electrons. The van der Waals surface area contributed by atoms with E-state index in [0.717, 1.165) is 11.5 Å². The number of H-pyrrole nitrogens is 1. The Bertz CT molecular complexity index is 1700. The van der Waals surface area contributed by atoms with Gasteiger partial charge in [0.25, 0.3) is 0 Å². The number of benzene rings is 1. The van der Waals surface area contributed by atoms with E-state index in [1.807, 2.05) is 0 Å². The van der Waals surface area contributed by atoms with Crippen LogP contribution in [0.25, 0.3) is 37.3 Å². The number of azo groups is 1. The summed E-state index contributed by atoms with van der Waals surface area (Å²) in [6, 6.07) is 5.15. The smallest absolute Gasteiger partial charge is 0.352 e. The molecule has 0 aliphatic rings. The standard InChI is InChI=1S/C20H12N10O2S/c1-5-32-20(31)17-14-13(29-33-17)11-8-10(6-7-12(11)25-26-14)24-28-19-16(22-4)15(21-3)18-27-23-9(2)30(18)19/h6-8,27H,5H2,1-2H3. The number of esters is 1. The summed E-state index contributed by atoms with van der Waals surface area (Å²) in [6.45, 7) is 18.6. The number of carbonyl (C=O) groups excluding carboxylic acids is 1. The molecule has 0 fully saturated rings. The van der Waals surface area contributed by atoms with E-state index in [-0.39, 0.29) is 28.7 Å². The predicted octanol–water partition coefficient (Wildman–Crippen LogP) is 5.22. The van der Waals surface area contributed by atoms with E-state index in [4.69, 9.17) is 17.9 Å². The molecule has 0 bridgehead atoms. The molecule has 1 N–H and O–H groups in total. The summed E-state index contributed by atoms with van der Waals surface area (Å²) in [4.78, 5) is 19.4. The lowest BCUT2D eigenvalue weighted by Gasteiger charge is -2.01. The van der Waals surface area contributed by atoms with E-state index in [0.29, 0.717) is 39.1 Å². The minimum absolute atomic E-state index is 0.0955. The Morgan fingerprint density at radius 1 is 1.21 bits per heavy atom. The largest absolute Gasteiger partial charge is 0.462 e. The molecule has 0 radical (unpaired) electrons. The van der Waals surface area contributed by atoms with Crippen molar-refractivity contribution in [1.29, 1.82) is 0 Å². The molecule has 0 aliphatic heterocycles. The summed E-state index contributed by atoms with van der Waals surface area (Å²) in [6.07, 6.45) is 0. The molecule has 4 heterocycles. The normalized spacial score (nSPS) is 11.4. The van der Waals surface area contributed by atoms with Crippen LogP contribution in [-0.2, 0) is 4.74 Å². The van der Waals surface area contributed by atoms with Gasteiger partial charge in [-0.25, -0.2) is 14.5 Å². The Labute approximate surface area is 189 Å². The molecule has 0 unspecified atom stereocenters. The second-order valence-electron chi connectivity index (χ2n) is 6.73. The minimum Gasteiger partial charge on any atom is -0.462 e. The molecule has 5 aromatic rings. The van der Waals surface area contributed by atoms with Crippen LogP contribution in [-0.4, -0.2) is 41.7 Å². The van der Waals surface area contributed by atoms with Gasteiger partial charge in [-0.2, -0.15) is 14.6 Å². The average Bonchev–Trinajstić information content (AvgIpc) is 3.50. The number of nitrogens with zero attached hydrogens (tertiary/aromatic N) is 9. The monoisotopic (exact) mass is 456 g/mol. The van der Waals surface area contributed by atoms with Gasteiger partial charge in [-0.05, 0) is 43.6 Å². The van der Waals surface area contributed by atoms with Crippen LogP contribution < -0.4 is 0 Å². The van der Waals surface area contributed by atoms with Gasteiger partial charge in [0, 0.05) is 5.39 Å². The summed E-state index contributed by atoms with van der Waals surface area (Å²) >= 11 is 1.000. The van der Waals surface area contributed by atoms with Crippen molar-refractivity contribution in [3.63, 3.8) is 0 Å². The average molecular weight is 456 g/mol. The molecule has 5 rings (SSSR count). The quantitative estimate of drug-likeness (QED) is 0.224. The van der Waals surface area contributed by atoms with Gasteiger partial charge < -0.3 is 4.74 Å². The van der Waals surface area contributed by atoms with E-state index in [2.05, 4.69) is 44.7 Å². The SMILES string of the molecule is [C-]#[N+]c1c([N+]#[C-])c2[nH]nc(C)n2c1N=Nc1ccc2nnc3c(C(=O)OCC)snc3c2c1. The van der Waals surface area contributed by atoms with Crippen molar-refractivity contribution in [1.82, 2.24) is 29.2 Å². The first-order chi connectivity index (χ1) is 16.1. The van der Waals surface area contributed by atoms with Gasteiger partial charge in [-0.15, -0.1) is 15.3 Å². The van der Waals surface area contributed by atoms with Crippen molar-refractivity contribution in [2.24, 2.45) is 10.2 Å². The Kier molecular flexibility index (Phi) is 4.73. The number of aromatic nitrogens is 6. The zero-order valence-corrected chi connectivity index (χ0v) is 18.0. The van der Waals surface area contributed by atoms with Crippen molar-refractivity contribution in [2.45, 2.75) is 13.8 Å². The van der Waals surface area contributed by atoms with Gasteiger partial charge >= 0.3 is 5.97 Å².